The van der Waals surface area contributed by atoms with E-state index in [2.05, 4.69) is 16.7 Å². The Labute approximate surface area is 156 Å². The number of pyridine rings is 1. The van der Waals surface area contributed by atoms with E-state index in [0.29, 0.717) is 5.92 Å². The van der Waals surface area contributed by atoms with Crippen LogP contribution in [-0.4, -0.2) is 14.5 Å². The van der Waals surface area contributed by atoms with Crippen molar-refractivity contribution in [2.24, 2.45) is 7.05 Å². The third-order valence-corrected chi connectivity index (χ3v) is 5.86. The van der Waals surface area contributed by atoms with Crippen LogP contribution in [0.5, 0.6) is 0 Å². The number of hydrogen-bond acceptors (Lipinski definition) is 3. The highest BCUT2D eigenvalue weighted by molar-refractivity contribution is 6.11. The molecule has 27 heavy (non-hydrogen) atoms. The number of rotatable bonds is 3. The average Bonchev–Trinajstić information content (AvgIpc) is 2.94. The molecule has 134 valence electrons. The monoisotopic (exact) mass is 357 g/mol. The van der Waals surface area contributed by atoms with Crippen LogP contribution in [0.1, 0.15) is 30.7 Å². The van der Waals surface area contributed by atoms with Gasteiger partial charge in [0.25, 0.3) is 5.69 Å². The fraction of sp³-hybridized carbons (Fsp3) is 0.227. The van der Waals surface area contributed by atoms with Gasteiger partial charge in [-0.2, -0.15) is 0 Å². The molecule has 1 fully saturated rings. The van der Waals surface area contributed by atoms with Crippen molar-refractivity contribution in [2.75, 3.05) is 0 Å². The zero-order valence-corrected chi connectivity index (χ0v) is 15.1. The van der Waals surface area contributed by atoms with Gasteiger partial charge in [0.05, 0.1) is 16.1 Å². The van der Waals surface area contributed by atoms with E-state index in [1.807, 2.05) is 37.5 Å². The van der Waals surface area contributed by atoms with Gasteiger partial charge in [0.1, 0.15) is 0 Å². The van der Waals surface area contributed by atoms with Crippen molar-refractivity contribution >= 4 is 27.5 Å². The predicted molar refractivity (Wildman–Crippen MR) is 107 cm³/mol. The van der Waals surface area contributed by atoms with E-state index in [9.17, 15) is 10.1 Å². The zero-order chi connectivity index (χ0) is 18.5. The van der Waals surface area contributed by atoms with Gasteiger partial charge in [-0.1, -0.05) is 30.7 Å². The number of aromatic nitrogens is 2. The van der Waals surface area contributed by atoms with E-state index < -0.39 is 0 Å². The fourth-order valence-electron chi connectivity index (χ4n) is 4.26. The van der Waals surface area contributed by atoms with Gasteiger partial charge in [-0.05, 0) is 36.5 Å². The van der Waals surface area contributed by atoms with E-state index >= 15 is 0 Å². The van der Waals surface area contributed by atoms with Crippen LogP contribution >= 0.6 is 0 Å². The first-order valence-electron chi connectivity index (χ1n) is 9.26. The molecule has 0 saturated heterocycles. The summed E-state index contributed by atoms with van der Waals surface area (Å²) in [5, 5.41) is 13.7. The van der Waals surface area contributed by atoms with Gasteiger partial charge >= 0.3 is 0 Å². The van der Waals surface area contributed by atoms with Crippen LogP contribution in [0.2, 0.25) is 0 Å². The van der Waals surface area contributed by atoms with Gasteiger partial charge in [-0.25, -0.2) is 0 Å². The van der Waals surface area contributed by atoms with Crippen molar-refractivity contribution in [1.82, 2.24) is 9.55 Å². The van der Waals surface area contributed by atoms with Gasteiger partial charge in [0.2, 0.25) is 0 Å². The van der Waals surface area contributed by atoms with Crippen LogP contribution in [0, 0.1) is 10.1 Å². The lowest BCUT2D eigenvalue weighted by Gasteiger charge is -2.28. The molecule has 2 heterocycles. The minimum absolute atomic E-state index is 0.116. The second kappa shape index (κ2) is 5.91. The molecule has 0 bridgehead atoms. The number of non-ortho nitro benzene ring substituents is 1. The average molecular weight is 357 g/mol. The summed E-state index contributed by atoms with van der Waals surface area (Å²) in [6.45, 7) is 0. The highest BCUT2D eigenvalue weighted by Crippen LogP contribution is 2.44. The lowest BCUT2D eigenvalue weighted by molar-refractivity contribution is -0.384. The number of hydrogen-bond donors (Lipinski definition) is 0. The van der Waals surface area contributed by atoms with Crippen LogP contribution < -0.4 is 0 Å². The molecule has 0 radical (unpaired) electrons. The molecule has 5 nitrogen and oxygen atoms in total. The SMILES string of the molecule is Cn1c2ccccc2c2ccnc(-c3cc([N+](=O)[O-])ccc3C3CCC3)c21. The second-order valence-corrected chi connectivity index (χ2v) is 7.29. The van der Waals surface area contributed by atoms with Crippen molar-refractivity contribution in [1.29, 1.82) is 0 Å². The minimum Gasteiger partial charge on any atom is -0.342 e. The van der Waals surface area contributed by atoms with Crippen molar-refractivity contribution in [3.63, 3.8) is 0 Å². The second-order valence-electron chi connectivity index (χ2n) is 7.29. The van der Waals surface area contributed by atoms with E-state index in [0.717, 1.165) is 40.5 Å². The number of nitrogens with zero attached hydrogens (tertiary/aromatic N) is 3. The van der Waals surface area contributed by atoms with E-state index in [1.54, 1.807) is 12.1 Å². The first kappa shape index (κ1) is 16.0. The molecule has 4 aromatic rings. The summed E-state index contributed by atoms with van der Waals surface area (Å²) in [5.74, 6) is 0.465. The van der Waals surface area contributed by atoms with E-state index in [1.165, 1.54) is 17.4 Å². The third kappa shape index (κ3) is 2.35. The molecule has 1 aliphatic rings. The molecule has 5 heteroatoms. The Morgan fingerprint density at radius 1 is 1.11 bits per heavy atom. The smallest absolute Gasteiger partial charge is 0.270 e. The lowest BCUT2D eigenvalue weighted by atomic mass is 9.77. The molecule has 0 amide bonds. The molecule has 0 N–H and O–H groups in total. The van der Waals surface area contributed by atoms with Gasteiger partial charge < -0.3 is 4.57 Å². The molecule has 0 unspecified atom stereocenters. The zero-order valence-electron chi connectivity index (χ0n) is 15.1. The molecule has 0 spiro atoms. The predicted octanol–water partition coefficient (Wildman–Crippen LogP) is 5.57. The lowest BCUT2D eigenvalue weighted by Crippen LogP contribution is -2.11. The Kier molecular flexibility index (Phi) is 3.50. The van der Waals surface area contributed by atoms with Crippen molar-refractivity contribution in [3.8, 4) is 11.3 Å². The Bertz CT molecular complexity index is 1210. The molecule has 1 saturated carbocycles. The number of aryl methyl sites for hydroxylation is 1. The van der Waals surface area contributed by atoms with Crippen molar-refractivity contribution in [2.45, 2.75) is 25.2 Å². The van der Waals surface area contributed by atoms with Crippen LogP contribution in [0.3, 0.4) is 0 Å². The molecule has 2 aromatic carbocycles. The number of fused-ring (bicyclic) bond motifs is 3. The van der Waals surface area contributed by atoms with Crippen LogP contribution in [0.4, 0.5) is 5.69 Å². The summed E-state index contributed by atoms with van der Waals surface area (Å²) < 4.78 is 2.15. The number of para-hydroxylation sites is 1. The van der Waals surface area contributed by atoms with Crippen molar-refractivity contribution in [3.05, 3.63) is 70.4 Å². The van der Waals surface area contributed by atoms with Crippen LogP contribution in [0.15, 0.2) is 54.7 Å². The molecule has 2 aromatic heterocycles. The molecule has 5 rings (SSSR count). The summed E-state index contributed by atoms with van der Waals surface area (Å²) in [4.78, 5) is 15.8. The quantitative estimate of drug-likeness (QED) is 0.356. The Balaban J connectivity index is 1.86. The molecule has 0 aliphatic heterocycles. The van der Waals surface area contributed by atoms with E-state index in [-0.39, 0.29) is 10.6 Å². The first-order valence-corrected chi connectivity index (χ1v) is 9.26. The summed E-state index contributed by atoms with van der Waals surface area (Å²) in [5.41, 5.74) is 5.18. The topological polar surface area (TPSA) is 61.0 Å². The summed E-state index contributed by atoms with van der Waals surface area (Å²) in [6.07, 6.45) is 5.30. The van der Waals surface area contributed by atoms with Gasteiger partial charge in [-0.15, -0.1) is 0 Å². The summed E-state index contributed by atoms with van der Waals surface area (Å²) >= 11 is 0. The van der Waals surface area contributed by atoms with Gasteiger partial charge in [0, 0.05) is 47.2 Å². The van der Waals surface area contributed by atoms with Gasteiger partial charge in [0.15, 0.2) is 0 Å². The first-order chi connectivity index (χ1) is 13.1. The minimum atomic E-state index is -0.324. The number of nitro groups is 1. The van der Waals surface area contributed by atoms with Crippen LogP contribution in [-0.2, 0) is 7.05 Å². The number of benzene rings is 2. The van der Waals surface area contributed by atoms with Gasteiger partial charge in [-0.3, -0.25) is 15.1 Å². The number of nitro benzene ring substituents is 1. The molecule has 1 aliphatic carbocycles. The van der Waals surface area contributed by atoms with Crippen molar-refractivity contribution < 1.29 is 4.92 Å². The highest BCUT2D eigenvalue weighted by Gasteiger charge is 2.26. The largest absolute Gasteiger partial charge is 0.342 e. The maximum atomic E-state index is 11.4. The Hall–Kier alpha value is -3.21. The Morgan fingerprint density at radius 3 is 2.67 bits per heavy atom. The summed E-state index contributed by atoms with van der Waals surface area (Å²) in [7, 11) is 2.04. The summed E-state index contributed by atoms with van der Waals surface area (Å²) in [6, 6.07) is 15.6. The maximum Gasteiger partial charge on any atom is 0.270 e. The normalized spacial score (nSPS) is 14.6. The highest BCUT2D eigenvalue weighted by atomic mass is 16.6. The van der Waals surface area contributed by atoms with E-state index in [4.69, 9.17) is 4.98 Å². The fourth-order valence-corrected chi connectivity index (χ4v) is 4.26. The molecular weight excluding hydrogens is 338 g/mol. The third-order valence-electron chi connectivity index (χ3n) is 5.86. The molecular formula is C22H19N3O2. The standard InChI is InChI=1S/C22H19N3O2/c1-24-20-8-3-2-7-17(20)18-11-12-23-21(22(18)24)19-13-15(25(26)27)9-10-16(19)14-5-4-6-14/h2-3,7-14H,4-6H2,1H3. The van der Waals surface area contributed by atoms with Crippen LogP contribution in [0.25, 0.3) is 33.1 Å². The Morgan fingerprint density at radius 2 is 1.93 bits per heavy atom. The molecule has 0 atom stereocenters. The maximum absolute atomic E-state index is 11.4.